The fourth-order valence-corrected chi connectivity index (χ4v) is 2.37. The van der Waals surface area contributed by atoms with E-state index in [0.717, 1.165) is 27.3 Å². The van der Waals surface area contributed by atoms with Gasteiger partial charge in [0, 0.05) is 23.0 Å². The number of nitrogens with one attached hydrogen (secondary N) is 1. The molecule has 7 heteroatoms. The summed E-state index contributed by atoms with van der Waals surface area (Å²) in [4.78, 5) is 18.8. The average Bonchev–Trinajstić information content (AvgIpc) is 3.11. The molecule has 116 valence electrons. The SMILES string of the molecule is O=c1ccc2ccccc2o1.c1ncc2ccc3n[nH]nc3c2n1. The van der Waals surface area contributed by atoms with Crippen LogP contribution in [0.4, 0.5) is 0 Å². The summed E-state index contributed by atoms with van der Waals surface area (Å²) in [6, 6.07) is 14.4. The predicted octanol–water partition coefficient (Wildman–Crippen LogP) is 2.69. The van der Waals surface area contributed by atoms with Gasteiger partial charge in [0.1, 0.15) is 28.5 Å². The minimum Gasteiger partial charge on any atom is -0.423 e. The standard InChI is InChI=1S/C9H6O2.C8H5N5/c10-9-6-5-7-3-1-2-4-8(7)11-9;1-2-6-8(12-13-11-6)7-5(1)3-9-4-10-7/h1-6H;1-4H,(H,11,12,13). The molecule has 0 unspecified atom stereocenters. The first-order chi connectivity index (χ1) is 11.8. The van der Waals surface area contributed by atoms with Crippen molar-refractivity contribution in [3.8, 4) is 0 Å². The number of fused-ring (bicyclic) bond motifs is 4. The van der Waals surface area contributed by atoms with E-state index in [9.17, 15) is 4.79 Å². The van der Waals surface area contributed by atoms with E-state index in [4.69, 9.17) is 4.42 Å². The molecule has 0 aliphatic rings. The lowest BCUT2D eigenvalue weighted by Crippen LogP contribution is -1.93. The van der Waals surface area contributed by atoms with Crippen molar-refractivity contribution in [1.82, 2.24) is 25.4 Å². The van der Waals surface area contributed by atoms with E-state index in [1.165, 1.54) is 12.4 Å². The van der Waals surface area contributed by atoms with Crippen LogP contribution in [0.5, 0.6) is 0 Å². The molecule has 0 saturated carbocycles. The van der Waals surface area contributed by atoms with Gasteiger partial charge in [-0.15, -0.1) is 0 Å². The predicted molar refractivity (Wildman–Crippen MR) is 89.5 cm³/mol. The maximum absolute atomic E-state index is 10.7. The van der Waals surface area contributed by atoms with Gasteiger partial charge < -0.3 is 4.42 Å². The van der Waals surface area contributed by atoms with E-state index >= 15 is 0 Å². The molecule has 5 aromatic rings. The number of hydrogen-bond donors (Lipinski definition) is 1. The first-order valence-corrected chi connectivity index (χ1v) is 7.19. The van der Waals surface area contributed by atoms with Crippen molar-refractivity contribution in [2.75, 3.05) is 0 Å². The van der Waals surface area contributed by atoms with E-state index < -0.39 is 0 Å². The van der Waals surface area contributed by atoms with Gasteiger partial charge >= 0.3 is 5.63 Å². The molecular formula is C17H11N5O2. The van der Waals surface area contributed by atoms with Crippen LogP contribution in [-0.4, -0.2) is 25.4 Å². The number of para-hydroxylation sites is 1. The summed E-state index contributed by atoms with van der Waals surface area (Å²) in [5.74, 6) is 0. The summed E-state index contributed by atoms with van der Waals surface area (Å²) in [7, 11) is 0. The van der Waals surface area contributed by atoms with E-state index in [1.807, 2.05) is 30.3 Å². The molecule has 5 rings (SSSR count). The molecule has 0 bridgehead atoms. The van der Waals surface area contributed by atoms with Gasteiger partial charge in [-0.05, 0) is 24.3 Å². The molecule has 0 amide bonds. The number of nitrogens with zero attached hydrogens (tertiary/aromatic N) is 4. The van der Waals surface area contributed by atoms with Crippen molar-refractivity contribution in [2.24, 2.45) is 0 Å². The van der Waals surface area contributed by atoms with Crippen LogP contribution in [0.1, 0.15) is 0 Å². The number of H-pyrrole nitrogens is 1. The Morgan fingerprint density at radius 3 is 2.71 bits per heavy atom. The van der Waals surface area contributed by atoms with Gasteiger partial charge in [0.05, 0.1) is 0 Å². The highest BCUT2D eigenvalue weighted by atomic mass is 16.4. The van der Waals surface area contributed by atoms with Gasteiger partial charge in [-0.3, -0.25) is 0 Å². The van der Waals surface area contributed by atoms with Gasteiger partial charge in [0.2, 0.25) is 0 Å². The van der Waals surface area contributed by atoms with Gasteiger partial charge in [-0.25, -0.2) is 14.8 Å². The summed E-state index contributed by atoms with van der Waals surface area (Å²) in [5, 5.41) is 12.5. The van der Waals surface area contributed by atoms with Crippen molar-refractivity contribution in [1.29, 1.82) is 0 Å². The fourth-order valence-electron chi connectivity index (χ4n) is 2.37. The zero-order chi connectivity index (χ0) is 16.4. The lowest BCUT2D eigenvalue weighted by Gasteiger charge is -1.93. The molecule has 7 nitrogen and oxygen atoms in total. The normalized spacial score (nSPS) is 10.7. The molecule has 0 fully saturated rings. The summed E-state index contributed by atoms with van der Waals surface area (Å²) in [6.45, 7) is 0. The molecule has 0 aliphatic carbocycles. The summed E-state index contributed by atoms with van der Waals surface area (Å²) < 4.78 is 4.91. The largest absolute Gasteiger partial charge is 0.423 e. The number of rotatable bonds is 0. The molecule has 2 aromatic carbocycles. The summed E-state index contributed by atoms with van der Waals surface area (Å²) >= 11 is 0. The van der Waals surface area contributed by atoms with Gasteiger partial charge in [0.25, 0.3) is 0 Å². The van der Waals surface area contributed by atoms with Crippen LogP contribution in [0.15, 0.2) is 70.3 Å². The molecule has 0 saturated heterocycles. The number of aromatic nitrogens is 5. The smallest absolute Gasteiger partial charge is 0.336 e. The third-order valence-corrected chi connectivity index (χ3v) is 3.49. The zero-order valence-electron chi connectivity index (χ0n) is 12.4. The average molecular weight is 317 g/mol. The number of hydrogen-bond acceptors (Lipinski definition) is 6. The van der Waals surface area contributed by atoms with Crippen LogP contribution < -0.4 is 5.63 Å². The van der Waals surface area contributed by atoms with Crippen LogP contribution in [0.2, 0.25) is 0 Å². The van der Waals surface area contributed by atoms with Crippen molar-refractivity contribution in [3.63, 3.8) is 0 Å². The van der Waals surface area contributed by atoms with Crippen LogP contribution in [0, 0.1) is 0 Å². The first-order valence-electron chi connectivity index (χ1n) is 7.19. The molecule has 3 heterocycles. The van der Waals surface area contributed by atoms with Crippen LogP contribution in [0.3, 0.4) is 0 Å². The highest BCUT2D eigenvalue weighted by Gasteiger charge is 2.03. The zero-order valence-corrected chi connectivity index (χ0v) is 12.4. The number of benzene rings is 2. The topological polar surface area (TPSA) is 97.6 Å². The van der Waals surface area contributed by atoms with E-state index in [2.05, 4.69) is 25.4 Å². The van der Waals surface area contributed by atoms with Crippen molar-refractivity contribution in [3.05, 3.63) is 71.5 Å². The second-order valence-corrected chi connectivity index (χ2v) is 5.01. The lowest BCUT2D eigenvalue weighted by molar-refractivity contribution is 0.561. The highest BCUT2D eigenvalue weighted by Crippen LogP contribution is 2.18. The van der Waals surface area contributed by atoms with E-state index in [1.54, 1.807) is 18.3 Å². The molecule has 24 heavy (non-hydrogen) atoms. The van der Waals surface area contributed by atoms with E-state index in [-0.39, 0.29) is 5.63 Å². The Labute approximate surface area is 135 Å². The third kappa shape index (κ3) is 2.58. The highest BCUT2D eigenvalue weighted by molar-refractivity contribution is 6.00. The quantitative estimate of drug-likeness (QED) is 0.441. The summed E-state index contributed by atoms with van der Waals surface area (Å²) in [5.41, 5.74) is 2.79. The van der Waals surface area contributed by atoms with Crippen molar-refractivity contribution < 1.29 is 4.42 Å². The third-order valence-electron chi connectivity index (χ3n) is 3.49. The van der Waals surface area contributed by atoms with Crippen LogP contribution in [0.25, 0.3) is 32.9 Å². The fraction of sp³-hybridized carbons (Fsp3) is 0. The monoisotopic (exact) mass is 317 g/mol. The van der Waals surface area contributed by atoms with Gasteiger partial charge in [0.15, 0.2) is 0 Å². The Kier molecular flexibility index (Phi) is 3.43. The Bertz CT molecular complexity index is 1200. The molecule has 1 N–H and O–H groups in total. The van der Waals surface area contributed by atoms with Crippen molar-refractivity contribution >= 4 is 32.9 Å². The molecule has 0 atom stereocenters. The second-order valence-electron chi connectivity index (χ2n) is 5.01. The molecule has 0 spiro atoms. The molecular weight excluding hydrogens is 306 g/mol. The second kappa shape index (κ2) is 5.88. The maximum Gasteiger partial charge on any atom is 0.336 e. The Morgan fingerprint density at radius 1 is 0.875 bits per heavy atom. The van der Waals surface area contributed by atoms with Crippen LogP contribution in [-0.2, 0) is 0 Å². The molecule has 0 aliphatic heterocycles. The molecule has 0 radical (unpaired) electrons. The van der Waals surface area contributed by atoms with Gasteiger partial charge in [-0.1, -0.05) is 18.2 Å². The first kappa shape index (κ1) is 14.0. The molecule has 3 aromatic heterocycles. The van der Waals surface area contributed by atoms with Gasteiger partial charge in [-0.2, -0.15) is 15.4 Å². The lowest BCUT2D eigenvalue weighted by atomic mass is 10.2. The Balaban J connectivity index is 0.000000123. The minimum atomic E-state index is -0.302. The van der Waals surface area contributed by atoms with Crippen LogP contribution >= 0.6 is 0 Å². The summed E-state index contributed by atoms with van der Waals surface area (Å²) in [6.07, 6.45) is 3.27. The van der Waals surface area contributed by atoms with Crippen molar-refractivity contribution in [2.45, 2.75) is 0 Å². The van der Waals surface area contributed by atoms with E-state index in [0.29, 0.717) is 5.58 Å². The number of aromatic amines is 1. The maximum atomic E-state index is 10.7. The minimum absolute atomic E-state index is 0.302. The Morgan fingerprint density at radius 2 is 1.75 bits per heavy atom. The Hall–Kier alpha value is -3.61.